The van der Waals surface area contributed by atoms with E-state index in [-0.39, 0.29) is 11.6 Å². The van der Waals surface area contributed by atoms with Crippen LogP contribution in [0.4, 0.5) is 0 Å². The van der Waals surface area contributed by atoms with Crippen molar-refractivity contribution in [3.05, 3.63) is 29.6 Å². The molecule has 0 atom stereocenters. The zero-order valence-corrected chi connectivity index (χ0v) is 10.0. The standard InChI is InChI=1S/C10H16NO3P/c1-10(2,3)8-4-5-11-9(6-8)7-15(12,13)14/h4-6H,7H2,1-3H3,(H2,12,13,14). The van der Waals surface area contributed by atoms with Crippen molar-refractivity contribution in [1.82, 2.24) is 4.98 Å². The summed E-state index contributed by atoms with van der Waals surface area (Å²) in [6, 6.07) is 3.61. The van der Waals surface area contributed by atoms with E-state index in [0.29, 0.717) is 5.69 Å². The summed E-state index contributed by atoms with van der Waals surface area (Å²) in [6.07, 6.45) is 1.29. The van der Waals surface area contributed by atoms with Crippen molar-refractivity contribution in [2.75, 3.05) is 0 Å². The van der Waals surface area contributed by atoms with E-state index >= 15 is 0 Å². The molecule has 0 amide bonds. The maximum absolute atomic E-state index is 10.8. The van der Waals surface area contributed by atoms with Crippen LogP contribution in [-0.2, 0) is 16.1 Å². The van der Waals surface area contributed by atoms with Crippen molar-refractivity contribution in [3.8, 4) is 0 Å². The third-order valence-electron chi connectivity index (χ3n) is 2.05. The Labute approximate surface area is 89.5 Å². The molecule has 2 N–H and O–H groups in total. The molecule has 0 radical (unpaired) electrons. The highest BCUT2D eigenvalue weighted by Gasteiger charge is 2.18. The second-order valence-corrected chi connectivity index (χ2v) is 6.25. The molecule has 0 aliphatic rings. The summed E-state index contributed by atoms with van der Waals surface area (Å²) in [6.45, 7) is 6.14. The minimum atomic E-state index is -4.02. The first-order valence-corrected chi connectivity index (χ1v) is 6.48. The van der Waals surface area contributed by atoms with Gasteiger partial charge >= 0.3 is 7.60 Å². The Hall–Kier alpha value is -0.700. The minimum Gasteiger partial charge on any atom is -0.324 e. The molecule has 0 bridgehead atoms. The average molecular weight is 229 g/mol. The van der Waals surface area contributed by atoms with Crippen LogP contribution in [0.25, 0.3) is 0 Å². The van der Waals surface area contributed by atoms with Crippen LogP contribution in [-0.4, -0.2) is 14.8 Å². The lowest BCUT2D eigenvalue weighted by atomic mass is 9.87. The first kappa shape index (κ1) is 12.4. The topological polar surface area (TPSA) is 70.4 Å². The Morgan fingerprint density at radius 2 is 2.00 bits per heavy atom. The summed E-state index contributed by atoms with van der Waals surface area (Å²) in [4.78, 5) is 21.6. The Morgan fingerprint density at radius 3 is 2.47 bits per heavy atom. The molecule has 15 heavy (non-hydrogen) atoms. The minimum absolute atomic E-state index is 0.0351. The van der Waals surface area contributed by atoms with E-state index in [1.54, 1.807) is 12.3 Å². The van der Waals surface area contributed by atoms with Crippen LogP contribution in [0, 0.1) is 0 Å². The van der Waals surface area contributed by atoms with Crippen molar-refractivity contribution < 1.29 is 14.4 Å². The van der Waals surface area contributed by atoms with E-state index in [2.05, 4.69) is 4.98 Å². The molecular formula is C10H16NO3P. The lowest BCUT2D eigenvalue weighted by Crippen LogP contribution is -2.11. The third-order valence-corrected chi connectivity index (χ3v) is 2.79. The molecule has 0 aliphatic carbocycles. The van der Waals surface area contributed by atoms with Gasteiger partial charge in [0.1, 0.15) is 0 Å². The zero-order chi connectivity index (χ0) is 11.7. The molecule has 0 aliphatic heterocycles. The Morgan fingerprint density at radius 1 is 1.40 bits per heavy atom. The number of pyridine rings is 1. The van der Waals surface area contributed by atoms with Gasteiger partial charge in [-0.05, 0) is 23.1 Å². The molecule has 1 rings (SSSR count). The predicted molar refractivity (Wildman–Crippen MR) is 58.7 cm³/mol. The zero-order valence-electron chi connectivity index (χ0n) is 9.14. The lowest BCUT2D eigenvalue weighted by Gasteiger charge is -2.19. The Bertz CT molecular complexity index is 392. The van der Waals surface area contributed by atoms with Gasteiger partial charge in [0.2, 0.25) is 0 Å². The fourth-order valence-corrected chi connectivity index (χ4v) is 1.84. The van der Waals surface area contributed by atoms with Crippen LogP contribution in [0.15, 0.2) is 18.3 Å². The monoisotopic (exact) mass is 229 g/mol. The van der Waals surface area contributed by atoms with Gasteiger partial charge in [-0.15, -0.1) is 0 Å². The quantitative estimate of drug-likeness (QED) is 0.761. The summed E-state index contributed by atoms with van der Waals surface area (Å²) >= 11 is 0. The maximum atomic E-state index is 10.8. The van der Waals surface area contributed by atoms with Crippen LogP contribution in [0.2, 0.25) is 0 Å². The number of nitrogens with zero attached hydrogens (tertiary/aromatic N) is 1. The molecule has 0 saturated heterocycles. The Kier molecular flexibility index (Phi) is 3.34. The van der Waals surface area contributed by atoms with Crippen LogP contribution < -0.4 is 0 Å². The number of rotatable bonds is 2. The summed E-state index contributed by atoms with van der Waals surface area (Å²) in [5.41, 5.74) is 1.43. The molecule has 0 fully saturated rings. The van der Waals surface area contributed by atoms with E-state index in [1.165, 1.54) is 0 Å². The fraction of sp³-hybridized carbons (Fsp3) is 0.500. The normalized spacial score (nSPS) is 12.9. The molecule has 4 nitrogen and oxygen atoms in total. The van der Waals surface area contributed by atoms with Gasteiger partial charge in [-0.3, -0.25) is 9.55 Å². The van der Waals surface area contributed by atoms with E-state index in [0.717, 1.165) is 5.56 Å². The summed E-state index contributed by atoms with van der Waals surface area (Å²) in [7, 11) is -4.02. The van der Waals surface area contributed by atoms with E-state index in [1.807, 2.05) is 26.8 Å². The van der Waals surface area contributed by atoms with Gasteiger partial charge in [0, 0.05) is 6.20 Å². The molecular weight excluding hydrogens is 213 g/mol. The van der Waals surface area contributed by atoms with Crippen molar-refractivity contribution in [3.63, 3.8) is 0 Å². The highest BCUT2D eigenvalue weighted by atomic mass is 31.2. The van der Waals surface area contributed by atoms with Crippen molar-refractivity contribution in [1.29, 1.82) is 0 Å². The summed E-state index contributed by atoms with van der Waals surface area (Å²) in [5, 5.41) is 0. The van der Waals surface area contributed by atoms with E-state index in [9.17, 15) is 4.57 Å². The lowest BCUT2D eigenvalue weighted by molar-refractivity contribution is 0.371. The third kappa shape index (κ3) is 4.12. The Balaban J connectivity index is 2.99. The van der Waals surface area contributed by atoms with Crippen LogP contribution in [0.3, 0.4) is 0 Å². The summed E-state index contributed by atoms with van der Waals surface area (Å²) in [5.74, 6) is 0. The van der Waals surface area contributed by atoms with E-state index in [4.69, 9.17) is 9.79 Å². The molecule has 5 heteroatoms. The van der Waals surface area contributed by atoms with Crippen LogP contribution in [0.5, 0.6) is 0 Å². The first-order valence-electron chi connectivity index (χ1n) is 4.68. The second kappa shape index (κ2) is 4.05. The molecule has 0 aromatic carbocycles. The molecule has 0 unspecified atom stereocenters. The van der Waals surface area contributed by atoms with Gasteiger partial charge in [0.15, 0.2) is 0 Å². The maximum Gasteiger partial charge on any atom is 0.331 e. The molecule has 1 aromatic heterocycles. The fourth-order valence-electron chi connectivity index (χ4n) is 1.24. The number of hydrogen-bond acceptors (Lipinski definition) is 2. The number of hydrogen-bond donors (Lipinski definition) is 2. The smallest absolute Gasteiger partial charge is 0.324 e. The highest BCUT2D eigenvalue weighted by molar-refractivity contribution is 7.50. The molecule has 0 saturated carbocycles. The van der Waals surface area contributed by atoms with Crippen molar-refractivity contribution in [2.45, 2.75) is 32.3 Å². The largest absolute Gasteiger partial charge is 0.331 e. The molecule has 84 valence electrons. The molecule has 1 aromatic rings. The SMILES string of the molecule is CC(C)(C)c1ccnc(CP(=O)(O)O)c1. The van der Waals surface area contributed by atoms with Gasteiger partial charge in [-0.25, -0.2) is 0 Å². The van der Waals surface area contributed by atoms with Gasteiger partial charge in [-0.2, -0.15) is 0 Å². The second-order valence-electron chi connectivity index (χ2n) is 4.61. The van der Waals surface area contributed by atoms with Gasteiger partial charge in [-0.1, -0.05) is 20.8 Å². The average Bonchev–Trinajstić information content (AvgIpc) is 1.99. The first-order chi connectivity index (χ1) is 6.68. The van der Waals surface area contributed by atoms with Crippen LogP contribution in [0.1, 0.15) is 32.0 Å². The van der Waals surface area contributed by atoms with E-state index < -0.39 is 7.60 Å². The molecule has 1 heterocycles. The van der Waals surface area contributed by atoms with Crippen molar-refractivity contribution >= 4 is 7.60 Å². The predicted octanol–water partition coefficient (Wildman–Crippen LogP) is 2.06. The highest BCUT2D eigenvalue weighted by Crippen LogP contribution is 2.38. The van der Waals surface area contributed by atoms with Gasteiger partial charge in [0.25, 0.3) is 0 Å². The van der Waals surface area contributed by atoms with Crippen molar-refractivity contribution in [2.24, 2.45) is 0 Å². The van der Waals surface area contributed by atoms with Gasteiger partial charge < -0.3 is 9.79 Å². The van der Waals surface area contributed by atoms with Crippen LogP contribution >= 0.6 is 7.60 Å². The number of aromatic nitrogens is 1. The molecule has 0 spiro atoms. The summed E-state index contributed by atoms with van der Waals surface area (Å²) < 4.78 is 10.8. The van der Waals surface area contributed by atoms with Gasteiger partial charge in [0.05, 0.1) is 11.9 Å².